The number of nitrogens with zero attached hydrogens (tertiary/aromatic N) is 1. The number of Topliss-reactive ketones (excluding diaryl/α,β-unsaturated/α-hetero) is 1. The Hall–Kier alpha value is -1.91. The highest BCUT2D eigenvalue weighted by atomic mass is 16.2. The highest BCUT2D eigenvalue weighted by Gasteiger charge is 2.18. The first-order valence-electron chi connectivity index (χ1n) is 5.05. The molecule has 5 nitrogen and oxygen atoms in total. The van der Waals surface area contributed by atoms with E-state index in [1.165, 1.54) is 13.8 Å². The lowest BCUT2D eigenvalue weighted by molar-refractivity contribution is -0.692. The van der Waals surface area contributed by atoms with Gasteiger partial charge in [-0.2, -0.15) is 10.9 Å². The maximum absolute atomic E-state index is 11.3. The molecule has 0 fully saturated rings. The lowest BCUT2D eigenvalue weighted by atomic mass is 10.2. The molecule has 1 aromatic heterocycles. The van der Waals surface area contributed by atoms with E-state index < -0.39 is 0 Å². The van der Waals surface area contributed by atoms with E-state index in [0.717, 1.165) is 0 Å². The molecule has 0 aliphatic heterocycles. The average Bonchev–Trinajstić information content (AvgIpc) is 2.25. The van der Waals surface area contributed by atoms with Crippen LogP contribution in [0.4, 0.5) is 5.82 Å². The fourth-order valence-electron chi connectivity index (χ4n) is 1.25. The van der Waals surface area contributed by atoms with Crippen molar-refractivity contribution in [3.8, 4) is 0 Å². The number of carbonyl (C=O) groups is 2. The molecule has 0 aliphatic carbocycles. The molecule has 0 radical (unpaired) electrons. The van der Waals surface area contributed by atoms with Crippen LogP contribution in [0, 0.1) is 0 Å². The molecule has 0 aromatic carbocycles. The molecule has 0 bridgehead atoms. The SMILES string of the molecule is CC(=O)NNc1cccc[n+]1C(C)C(C)=O. The summed E-state index contributed by atoms with van der Waals surface area (Å²) in [4.78, 5) is 22.1. The summed E-state index contributed by atoms with van der Waals surface area (Å²) >= 11 is 0. The van der Waals surface area contributed by atoms with E-state index in [0.29, 0.717) is 5.82 Å². The third kappa shape index (κ3) is 3.05. The topological polar surface area (TPSA) is 62.1 Å². The number of rotatable bonds is 4. The lowest BCUT2D eigenvalue weighted by Crippen LogP contribution is -2.46. The highest BCUT2D eigenvalue weighted by molar-refractivity contribution is 5.78. The predicted octanol–water partition coefficient (Wildman–Crippen LogP) is 0.587. The van der Waals surface area contributed by atoms with Crippen molar-refractivity contribution < 1.29 is 14.2 Å². The van der Waals surface area contributed by atoms with Gasteiger partial charge < -0.3 is 0 Å². The molecular formula is C11H16N3O2+. The summed E-state index contributed by atoms with van der Waals surface area (Å²) in [5.41, 5.74) is 5.23. The molecule has 0 spiro atoms. The van der Waals surface area contributed by atoms with Crippen LogP contribution in [0.15, 0.2) is 24.4 Å². The summed E-state index contributed by atoms with van der Waals surface area (Å²) in [6, 6.07) is 5.18. The summed E-state index contributed by atoms with van der Waals surface area (Å²) in [5, 5.41) is 0. The molecule has 16 heavy (non-hydrogen) atoms. The van der Waals surface area contributed by atoms with E-state index >= 15 is 0 Å². The maximum atomic E-state index is 11.3. The smallest absolute Gasteiger partial charge is 0.295 e. The maximum Gasteiger partial charge on any atom is 0.298 e. The van der Waals surface area contributed by atoms with Crippen LogP contribution < -0.4 is 15.4 Å². The van der Waals surface area contributed by atoms with Gasteiger partial charge >= 0.3 is 0 Å². The first-order valence-corrected chi connectivity index (χ1v) is 5.05. The second-order valence-electron chi connectivity index (χ2n) is 3.59. The number of hydrazine groups is 1. The number of nitrogens with one attached hydrogen (secondary N) is 2. The zero-order valence-corrected chi connectivity index (χ0v) is 9.65. The van der Waals surface area contributed by atoms with Gasteiger partial charge in [-0.1, -0.05) is 6.07 Å². The van der Waals surface area contributed by atoms with E-state index in [4.69, 9.17) is 0 Å². The zero-order valence-electron chi connectivity index (χ0n) is 9.65. The lowest BCUT2D eigenvalue weighted by Gasteiger charge is -2.10. The third-order valence-electron chi connectivity index (χ3n) is 2.26. The van der Waals surface area contributed by atoms with Gasteiger partial charge in [0.2, 0.25) is 0 Å². The van der Waals surface area contributed by atoms with Gasteiger partial charge in [-0.25, -0.2) is 4.57 Å². The van der Waals surface area contributed by atoms with Crippen LogP contribution in [-0.4, -0.2) is 11.7 Å². The Kier molecular flexibility index (Phi) is 3.99. The fraction of sp³-hybridized carbons (Fsp3) is 0.364. The summed E-state index contributed by atoms with van der Waals surface area (Å²) < 4.78 is 1.76. The van der Waals surface area contributed by atoms with Crippen molar-refractivity contribution in [2.24, 2.45) is 0 Å². The Bertz CT molecular complexity index is 404. The van der Waals surface area contributed by atoms with E-state index in [-0.39, 0.29) is 17.7 Å². The first-order chi connectivity index (χ1) is 7.52. The molecule has 0 saturated carbocycles. The number of amides is 1. The van der Waals surface area contributed by atoms with Gasteiger partial charge in [0.1, 0.15) is 0 Å². The fourth-order valence-corrected chi connectivity index (χ4v) is 1.25. The number of hydrogen-bond acceptors (Lipinski definition) is 3. The van der Waals surface area contributed by atoms with Crippen molar-refractivity contribution in [2.75, 3.05) is 5.43 Å². The number of ketones is 1. The minimum Gasteiger partial charge on any atom is -0.295 e. The van der Waals surface area contributed by atoms with Crippen molar-refractivity contribution in [1.29, 1.82) is 0 Å². The molecule has 0 saturated heterocycles. The van der Waals surface area contributed by atoms with E-state index in [1.807, 2.05) is 12.1 Å². The molecular weight excluding hydrogens is 206 g/mol. The van der Waals surface area contributed by atoms with Crippen molar-refractivity contribution in [3.63, 3.8) is 0 Å². The van der Waals surface area contributed by atoms with Crippen LogP contribution in [0.2, 0.25) is 0 Å². The summed E-state index contributed by atoms with van der Waals surface area (Å²) in [6.07, 6.45) is 1.79. The minimum atomic E-state index is -0.266. The molecule has 1 amide bonds. The summed E-state index contributed by atoms with van der Waals surface area (Å²) in [7, 11) is 0. The molecule has 0 aliphatic rings. The number of anilines is 1. The van der Waals surface area contributed by atoms with Gasteiger partial charge in [-0.05, 0) is 19.9 Å². The van der Waals surface area contributed by atoms with Crippen LogP contribution in [-0.2, 0) is 9.59 Å². The number of hydrogen-bond donors (Lipinski definition) is 2. The molecule has 1 heterocycles. The Morgan fingerprint density at radius 2 is 2.00 bits per heavy atom. The van der Waals surface area contributed by atoms with Crippen LogP contribution in [0.1, 0.15) is 26.8 Å². The largest absolute Gasteiger partial charge is 0.298 e. The second kappa shape index (κ2) is 5.25. The predicted molar refractivity (Wildman–Crippen MR) is 59.5 cm³/mol. The summed E-state index contributed by atoms with van der Waals surface area (Å²) in [6.45, 7) is 4.75. The standard InChI is InChI=1S/C11H15N3O2/c1-8(9(2)15)14-7-5-4-6-11(14)13-12-10(3)16/h4-8H,1-3H3,(H,12,16)/p+1. The van der Waals surface area contributed by atoms with E-state index in [1.54, 1.807) is 23.8 Å². The monoisotopic (exact) mass is 222 g/mol. The van der Waals surface area contributed by atoms with Gasteiger partial charge in [0.05, 0.1) is 6.20 Å². The molecule has 1 atom stereocenters. The van der Waals surface area contributed by atoms with Gasteiger partial charge in [-0.3, -0.25) is 9.59 Å². The van der Waals surface area contributed by atoms with Crippen LogP contribution in [0.3, 0.4) is 0 Å². The van der Waals surface area contributed by atoms with Crippen molar-refractivity contribution in [2.45, 2.75) is 26.8 Å². The van der Waals surface area contributed by atoms with Crippen LogP contribution >= 0.6 is 0 Å². The second-order valence-corrected chi connectivity index (χ2v) is 3.59. The van der Waals surface area contributed by atoms with Crippen LogP contribution in [0.25, 0.3) is 0 Å². The number of aromatic nitrogens is 1. The van der Waals surface area contributed by atoms with E-state index in [9.17, 15) is 9.59 Å². The van der Waals surface area contributed by atoms with Gasteiger partial charge in [0.15, 0.2) is 11.8 Å². The average molecular weight is 222 g/mol. The molecule has 1 aromatic rings. The molecule has 1 unspecified atom stereocenters. The third-order valence-corrected chi connectivity index (χ3v) is 2.26. The highest BCUT2D eigenvalue weighted by Crippen LogP contribution is 2.03. The number of carbonyl (C=O) groups excluding carboxylic acids is 2. The Morgan fingerprint density at radius 1 is 1.31 bits per heavy atom. The van der Waals surface area contributed by atoms with Crippen molar-refractivity contribution in [1.82, 2.24) is 5.43 Å². The van der Waals surface area contributed by atoms with Gasteiger partial charge in [-0.15, -0.1) is 0 Å². The van der Waals surface area contributed by atoms with Crippen molar-refractivity contribution in [3.05, 3.63) is 24.4 Å². The van der Waals surface area contributed by atoms with Gasteiger partial charge in [0, 0.05) is 13.0 Å². The molecule has 5 heteroatoms. The molecule has 2 N–H and O–H groups in total. The number of pyridine rings is 1. The van der Waals surface area contributed by atoms with E-state index in [2.05, 4.69) is 10.9 Å². The molecule has 1 rings (SSSR count). The Morgan fingerprint density at radius 3 is 2.56 bits per heavy atom. The van der Waals surface area contributed by atoms with Crippen LogP contribution in [0.5, 0.6) is 0 Å². The Labute approximate surface area is 94.4 Å². The first kappa shape index (κ1) is 12.2. The normalized spacial score (nSPS) is 11.7. The van der Waals surface area contributed by atoms with Crippen molar-refractivity contribution >= 4 is 17.5 Å². The summed E-state index contributed by atoms with van der Waals surface area (Å²) in [5.74, 6) is 0.536. The minimum absolute atomic E-state index is 0.0575. The quantitative estimate of drug-likeness (QED) is 0.579. The Balaban J connectivity index is 2.91. The zero-order chi connectivity index (χ0) is 12.1. The molecule has 86 valence electrons. The van der Waals surface area contributed by atoms with Gasteiger partial charge in [0.25, 0.3) is 11.7 Å².